The Morgan fingerprint density at radius 2 is 2.00 bits per heavy atom. The molecule has 2 rings (SSSR count). The normalized spacial score (nSPS) is 13.7. The van der Waals surface area contributed by atoms with Crippen molar-refractivity contribution in [2.75, 3.05) is 0 Å². The van der Waals surface area contributed by atoms with Crippen LogP contribution in [0.15, 0.2) is 30.6 Å². The number of aliphatic carboxylic acids is 1. The van der Waals surface area contributed by atoms with Crippen LogP contribution in [-0.2, 0) is 4.79 Å². The van der Waals surface area contributed by atoms with E-state index in [2.05, 4.69) is 15.3 Å². The van der Waals surface area contributed by atoms with Crippen LogP contribution in [-0.4, -0.2) is 32.5 Å². The molecule has 1 atom stereocenters. The molecule has 0 saturated carbocycles. The number of carbonyl (C=O) groups excluding carboxylic acids is 1. The Kier molecular flexibility index (Phi) is 3.65. The Morgan fingerprint density at radius 3 is 2.65 bits per heavy atom. The lowest BCUT2D eigenvalue weighted by atomic mass is 9.98. The van der Waals surface area contributed by atoms with E-state index in [4.69, 9.17) is 0 Å². The van der Waals surface area contributed by atoms with E-state index < -0.39 is 17.4 Å². The van der Waals surface area contributed by atoms with Crippen molar-refractivity contribution < 1.29 is 14.7 Å². The van der Waals surface area contributed by atoms with Crippen molar-refractivity contribution in [3.8, 4) is 0 Å². The van der Waals surface area contributed by atoms with Gasteiger partial charge in [0.15, 0.2) is 0 Å². The molecule has 0 aliphatic rings. The first-order chi connectivity index (χ1) is 9.48. The highest BCUT2D eigenvalue weighted by atomic mass is 16.4. The van der Waals surface area contributed by atoms with Crippen molar-refractivity contribution in [2.45, 2.75) is 25.8 Å². The van der Waals surface area contributed by atoms with E-state index in [0.717, 1.165) is 0 Å². The van der Waals surface area contributed by atoms with E-state index in [1.807, 2.05) is 0 Å². The van der Waals surface area contributed by atoms with Crippen LogP contribution >= 0.6 is 0 Å². The van der Waals surface area contributed by atoms with Crippen LogP contribution in [0.2, 0.25) is 0 Å². The summed E-state index contributed by atoms with van der Waals surface area (Å²) in [5, 5.41) is 11.7. The van der Waals surface area contributed by atoms with Crippen LogP contribution in [0.1, 0.15) is 30.6 Å². The van der Waals surface area contributed by atoms with Crippen LogP contribution in [0.5, 0.6) is 0 Å². The molecule has 0 radical (unpaired) electrons. The van der Waals surface area contributed by atoms with Gasteiger partial charge in [-0.3, -0.25) is 14.8 Å². The molecule has 0 fully saturated rings. The predicted octanol–water partition coefficient (Wildman–Crippen LogP) is 1.61. The summed E-state index contributed by atoms with van der Waals surface area (Å²) in [6, 6.07) is 5.04. The van der Waals surface area contributed by atoms with Gasteiger partial charge in [0.25, 0.3) is 5.91 Å². The number of hydrogen-bond donors (Lipinski definition) is 2. The molecule has 1 unspecified atom stereocenters. The molecule has 0 aliphatic carbocycles. The molecule has 1 heterocycles. The average Bonchev–Trinajstić information content (AvgIpc) is 2.46. The van der Waals surface area contributed by atoms with Crippen LogP contribution in [0.3, 0.4) is 0 Å². The number of fused-ring (bicyclic) bond motifs is 1. The van der Waals surface area contributed by atoms with Crippen molar-refractivity contribution in [3.63, 3.8) is 0 Å². The SMILES string of the molecule is CCC(C)(NC(=O)c1cccc2nccnc12)C(=O)O. The molecule has 2 aromatic rings. The molecule has 0 bridgehead atoms. The summed E-state index contributed by atoms with van der Waals surface area (Å²) in [4.78, 5) is 31.8. The number of para-hydroxylation sites is 1. The van der Waals surface area contributed by atoms with Crippen molar-refractivity contribution in [1.29, 1.82) is 0 Å². The third-order valence-corrected chi connectivity index (χ3v) is 3.31. The highest BCUT2D eigenvalue weighted by molar-refractivity contribution is 6.06. The number of nitrogens with zero attached hydrogens (tertiary/aromatic N) is 2. The van der Waals surface area contributed by atoms with E-state index in [9.17, 15) is 14.7 Å². The van der Waals surface area contributed by atoms with Gasteiger partial charge < -0.3 is 10.4 Å². The quantitative estimate of drug-likeness (QED) is 0.883. The van der Waals surface area contributed by atoms with Gasteiger partial charge in [0.05, 0.1) is 11.1 Å². The Balaban J connectivity index is 2.40. The van der Waals surface area contributed by atoms with Crippen molar-refractivity contribution in [1.82, 2.24) is 15.3 Å². The molecular weight excluding hydrogens is 258 g/mol. The molecule has 20 heavy (non-hydrogen) atoms. The van der Waals surface area contributed by atoms with E-state index >= 15 is 0 Å². The predicted molar refractivity (Wildman–Crippen MR) is 73.3 cm³/mol. The van der Waals surface area contributed by atoms with Crippen molar-refractivity contribution in [3.05, 3.63) is 36.2 Å². The number of amides is 1. The number of hydrogen-bond acceptors (Lipinski definition) is 4. The maximum absolute atomic E-state index is 12.3. The van der Waals surface area contributed by atoms with Gasteiger partial charge in [-0.15, -0.1) is 0 Å². The fraction of sp³-hybridized carbons (Fsp3) is 0.286. The first kappa shape index (κ1) is 13.9. The van der Waals surface area contributed by atoms with E-state index in [1.165, 1.54) is 19.3 Å². The molecule has 0 spiro atoms. The third-order valence-electron chi connectivity index (χ3n) is 3.31. The van der Waals surface area contributed by atoms with Crippen LogP contribution in [0, 0.1) is 0 Å². The number of aromatic nitrogens is 2. The maximum Gasteiger partial charge on any atom is 0.329 e. The number of nitrogens with one attached hydrogen (secondary N) is 1. The van der Waals surface area contributed by atoms with Crippen LogP contribution in [0.25, 0.3) is 11.0 Å². The Bertz CT molecular complexity index is 666. The second-order valence-electron chi connectivity index (χ2n) is 4.67. The zero-order chi connectivity index (χ0) is 14.8. The number of carbonyl (C=O) groups is 2. The molecule has 2 N–H and O–H groups in total. The van der Waals surface area contributed by atoms with Crippen LogP contribution < -0.4 is 5.32 Å². The highest BCUT2D eigenvalue weighted by Crippen LogP contribution is 2.16. The first-order valence-electron chi connectivity index (χ1n) is 6.23. The molecule has 1 aromatic carbocycles. The lowest BCUT2D eigenvalue weighted by Gasteiger charge is -2.24. The Labute approximate surface area is 115 Å². The molecule has 0 saturated heterocycles. The Morgan fingerprint density at radius 1 is 1.30 bits per heavy atom. The van der Waals surface area contributed by atoms with Gasteiger partial charge in [-0.1, -0.05) is 13.0 Å². The average molecular weight is 273 g/mol. The monoisotopic (exact) mass is 273 g/mol. The van der Waals surface area contributed by atoms with E-state index in [0.29, 0.717) is 16.6 Å². The number of rotatable bonds is 4. The molecule has 1 aromatic heterocycles. The van der Waals surface area contributed by atoms with E-state index in [-0.39, 0.29) is 6.42 Å². The largest absolute Gasteiger partial charge is 0.480 e. The summed E-state index contributed by atoms with van der Waals surface area (Å²) < 4.78 is 0. The summed E-state index contributed by atoms with van der Waals surface area (Å²) in [5.74, 6) is -1.54. The summed E-state index contributed by atoms with van der Waals surface area (Å²) in [6.45, 7) is 3.18. The zero-order valence-electron chi connectivity index (χ0n) is 11.3. The fourth-order valence-corrected chi connectivity index (χ4v) is 1.79. The summed E-state index contributed by atoms with van der Waals surface area (Å²) in [7, 11) is 0. The minimum Gasteiger partial charge on any atom is -0.480 e. The number of benzene rings is 1. The van der Waals surface area contributed by atoms with Gasteiger partial charge in [0.1, 0.15) is 11.1 Å². The minimum atomic E-state index is -1.30. The van der Waals surface area contributed by atoms with Gasteiger partial charge in [0.2, 0.25) is 0 Å². The lowest BCUT2D eigenvalue weighted by molar-refractivity contribution is -0.143. The summed E-state index contributed by atoms with van der Waals surface area (Å²) in [6.07, 6.45) is 3.32. The number of carboxylic acid groups (broad SMARTS) is 1. The summed E-state index contributed by atoms with van der Waals surface area (Å²) >= 11 is 0. The van der Waals surface area contributed by atoms with Gasteiger partial charge in [-0.2, -0.15) is 0 Å². The first-order valence-corrected chi connectivity index (χ1v) is 6.23. The second-order valence-corrected chi connectivity index (χ2v) is 4.67. The molecular formula is C14H15N3O3. The van der Waals surface area contributed by atoms with Gasteiger partial charge in [-0.25, -0.2) is 4.79 Å². The molecule has 6 heteroatoms. The van der Waals surface area contributed by atoms with Crippen LogP contribution in [0.4, 0.5) is 0 Å². The minimum absolute atomic E-state index is 0.282. The smallest absolute Gasteiger partial charge is 0.329 e. The summed E-state index contributed by atoms with van der Waals surface area (Å²) in [5.41, 5.74) is 0.0584. The van der Waals surface area contributed by atoms with Crippen molar-refractivity contribution in [2.24, 2.45) is 0 Å². The standard InChI is InChI=1S/C14H15N3O3/c1-3-14(2,13(19)20)17-12(18)9-5-4-6-10-11(9)16-8-7-15-10/h4-8H,3H2,1-2H3,(H,17,18)(H,19,20). The maximum atomic E-state index is 12.3. The van der Waals surface area contributed by atoms with Gasteiger partial charge >= 0.3 is 5.97 Å². The third kappa shape index (κ3) is 2.45. The van der Waals surface area contributed by atoms with E-state index in [1.54, 1.807) is 25.1 Å². The van der Waals surface area contributed by atoms with Crippen molar-refractivity contribution >= 4 is 22.9 Å². The zero-order valence-corrected chi connectivity index (χ0v) is 11.3. The molecule has 6 nitrogen and oxygen atoms in total. The molecule has 1 amide bonds. The number of carboxylic acids is 1. The topological polar surface area (TPSA) is 92.2 Å². The molecule has 0 aliphatic heterocycles. The highest BCUT2D eigenvalue weighted by Gasteiger charge is 2.33. The van der Waals surface area contributed by atoms with Gasteiger partial charge in [0, 0.05) is 12.4 Å². The fourth-order valence-electron chi connectivity index (χ4n) is 1.79. The second kappa shape index (κ2) is 5.24. The van der Waals surface area contributed by atoms with Gasteiger partial charge in [-0.05, 0) is 25.5 Å². The lowest BCUT2D eigenvalue weighted by Crippen LogP contribution is -2.51. The molecule has 104 valence electrons. The Hall–Kier alpha value is -2.50.